The van der Waals surface area contributed by atoms with Gasteiger partial charge in [-0.2, -0.15) is 0 Å². The molecule has 0 bridgehead atoms. The fourth-order valence-electron chi connectivity index (χ4n) is 2.19. The van der Waals surface area contributed by atoms with Crippen molar-refractivity contribution in [3.05, 3.63) is 60.2 Å². The minimum absolute atomic E-state index is 0.344. The molecule has 1 amide bonds. The maximum absolute atomic E-state index is 12.1. The Labute approximate surface area is 153 Å². The number of nitrogens with one attached hydrogen (secondary N) is 1. The van der Waals surface area contributed by atoms with Crippen LogP contribution in [0.2, 0.25) is 0 Å². The van der Waals surface area contributed by atoms with Crippen LogP contribution in [0, 0.1) is 0 Å². The van der Waals surface area contributed by atoms with E-state index in [1.165, 1.54) is 0 Å². The number of carbonyl (C=O) groups is 2. The summed E-state index contributed by atoms with van der Waals surface area (Å²) in [6.45, 7) is 1.82. The van der Waals surface area contributed by atoms with Gasteiger partial charge < -0.3 is 19.5 Å². The third-order valence-corrected chi connectivity index (χ3v) is 3.65. The van der Waals surface area contributed by atoms with Crippen molar-refractivity contribution in [1.29, 1.82) is 0 Å². The summed E-state index contributed by atoms with van der Waals surface area (Å²) in [7, 11) is 1.59. The van der Waals surface area contributed by atoms with Crippen molar-refractivity contribution < 1.29 is 23.8 Å². The molecule has 26 heavy (non-hydrogen) atoms. The van der Waals surface area contributed by atoms with Gasteiger partial charge in [0.15, 0.2) is 12.7 Å². The van der Waals surface area contributed by atoms with Gasteiger partial charge in [-0.25, -0.2) is 4.79 Å². The molecule has 2 aromatic rings. The molecule has 0 aliphatic rings. The number of carbonyl (C=O) groups excluding carboxylic acids is 2. The number of para-hydroxylation sites is 1. The lowest BCUT2D eigenvalue weighted by atomic mass is 10.2. The average Bonchev–Trinajstić information content (AvgIpc) is 2.69. The van der Waals surface area contributed by atoms with E-state index in [2.05, 4.69) is 5.32 Å². The molecule has 2 aromatic carbocycles. The minimum Gasteiger partial charge on any atom is -0.497 e. The summed E-state index contributed by atoms with van der Waals surface area (Å²) >= 11 is 0. The van der Waals surface area contributed by atoms with Gasteiger partial charge in [0.2, 0.25) is 0 Å². The van der Waals surface area contributed by atoms with Gasteiger partial charge in [0, 0.05) is 6.54 Å². The Hall–Kier alpha value is -3.02. The maximum Gasteiger partial charge on any atom is 0.347 e. The summed E-state index contributed by atoms with van der Waals surface area (Å²) in [6, 6.07) is 16.4. The monoisotopic (exact) mass is 357 g/mol. The Balaban J connectivity index is 1.75. The number of hydrogen-bond donors (Lipinski definition) is 1. The summed E-state index contributed by atoms with van der Waals surface area (Å²) in [5, 5.41) is 2.70. The highest BCUT2D eigenvalue weighted by Gasteiger charge is 2.21. The number of esters is 1. The zero-order valence-corrected chi connectivity index (χ0v) is 14.9. The van der Waals surface area contributed by atoms with Gasteiger partial charge in [-0.05, 0) is 36.2 Å². The predicted molar refractivity (Wildman–Crippen MR) is 96.9 cm³/mol. The smallest absolute Gasteiger partial charge is 0.347 e. The van der Waals surface area contributed by atoms with Crippen molar-refractivity contribution in [2.75, 3.05) is 13.7 Å². The molecule has 0 spiro atoms. The molecular formula is C20H23NO5. The fraction of sp³-hybridized carbons (Fsp3) is 0.300. The van der Waals surface area contributed by atoms with Crippen LogP contribution in [0.25, 0.3) is 0 Å². The van der Waals surface area contributed by atoms with Crippen molar-refractivity contribution >= 4 is 11.9 Å². The number of amides is 1. The van der Waals surface area contributed by atoms with E-state index in [1.807, 2.05) is 49.4 Å². The zero-order chi connectivity index (χ0) is 18.8. The van der Waals surface area contributed by atoms with Crippen LogP contribution in [0.15, 0.2) is 54.6 Å². The van der Waals surface area contributed by atoms with E-state index >= 15 is 0 Å². The second-order valence-electron chi connectivity index (χ2n) is 5.56. The second kappa shape index (κ2) is 10.1. The van der Waals surface area contributed by atoms with Gasteiger partial charge in [-0.15, -0.1) is 0 Å². The molecule has 0 heterocycles. The molecule has 0 aliphatic carbocycles. The van der Waals surface area contributed by atoms with Crippen LogP contribution in [0.3, 0.4) is 0 Å². The van der Waals surface area contributed by atoms with E-state index in [0.717, 1.165) is 11.3 Å². The number of hydrogen-bond acceptors (Lipinski definition) is 5. The highest BCUT2D eigenvalue weighted by Crippen LogP contribution is 2.13. The molecule has 0 saturated carbocycles. The van der Waals surface area contributed by atoms with E-state index in [0.29, 0.717) is 18.7 Å². The molecule has 0 aromatic heterocycles. The van der Waals surface area contributed by atoms with E-state index < -0.39 is 12.1 Å². The standard InChI is InChI=1S/C20H23NO5/c1-3-18(26-17-7-5-4-6-8-17)20(23)25-14-19(22)21-13-15-9-11-16(24-2)12-10-15/h4-12,18H,3,13-14H2,1-2H3,(H,21,22)/t18-/m0/s1. The largest absolute Gasteiger partial charge is 0.497 e. The Morgan fingerprint density at radius 1 is 1.00 bits per heavy atom. The number of methoxy groups -OCH3 is 1. The van der Waals surface area contributed by atoms with Crippen LogP contribution in [0.5, 0.6) is 11.5 Å². The molecule has 0 saturated heterocycles. The van der Waals surface area contributed by atoms with Crippen molar-refractivity contribution in [3.8, 4) is 11.5 Å². The molecular weight excluding hydrogens is 334 g/mol. The molecule has 0 radical (unpaired) electrons. The quantitative estimate of drug-likeness (QED) is 0.699. The van der Waals surface area contributed by atoms with Crippen molar-refractivity contribution in [3.63, 3.8) is 0 Å². The molecule has 0 unspecified atom stereocenters. The lowest BCUT2D eigenvalue weighted by Crippen LogP contribution is -2.33. The van der Waals surface area contributed by atoms with Crippen LogP contribution in [-0.2, 0) is 20.9 Å². The van der Waals surface area contributed by atoms with Crippen molar-refractivity contribution in [1.82, 2.24) is 5.32 Å². The first-order valence-corrected chi connectivity index (χ1v) is 8.40. The van der Waals surface area contributed by atoms with Crippen LogP contribution in [0.4, 0.5) is 0 Å². The number of rotatable bonds is 9. The van der Waals surface area contributed by atoms with Crippen molar-refractivity contribution in [2.45, 2.75) is 26.0 Å². The third-order valence-electron chi connectivity index (χ3n) is 3.65. The van der Waals surface area contributed by atoms with Crippen LogP contribution in [0.1, 0.15) is 18.9 Å². The first-order valence-electron chi connectivity index (χ1n) is 8.40. The van der Waals surface area contributed by atoms with E-state index in [9.17, 15) is 9.59 Å². The van der Waals surface area contributed by atoms with E-state index in [4.69, 9.17) is 14.2 Å². The molecule has 6 heteroatoms. The average molecular weight is 357 g/mol. The number of benzene rings is 2. The highest BCUT2D eigenvalue weighted by atomic mass is 16.6. The molecule has 138 valence electrons. The maximum atomic E-state index is 12.1. The molecule has 2 rings (SSSR count). The highest BCUT2D eigenvalue weighted by molar-refractivity contribution is 5.82. The summed E-state index contributed by atoms with van der Waals surface area (Å²) in [6.07, 6.45) is -0.298. The topological polar surface area (TPSA) is 73.9 Å². The lowest BCUT2D eigenvalue weighted by Gasteiger charge is -2.16. The van der Waals surface area contributed by atoms with E-state index in [1.54, 1.807) is 19.2 Å². The Kier molecular flexibility index (Phi) is 7.49. The van der Waals surface area contributed by atoms with Crippen LogP contribution < -0.4 is 14.8 Å². The normalized spacial score (nSPS) is 11.3. The van der Waals surface area contributed by atoms with Gasteiger partial charge >= 0.3 is 5.97 Å². The molecule has 1 N–H and O–H groups in total. The summed E-state index contributed by atoms with van der Waals surface area (Å²) in [5.41, 5.74) is 0.921. The predicted octanol–water partition coefficient (Wildman–Crippen LogP) is 2.71. The SMILES string of the molecule is CC[C@H](Oc1ccccc1)C(=O)OCC(=O)NCc1ccc(OC)cc1. The summed E-state index contributed by atoms with van der Waals surface area (Å²) in [4.78, 5) is 23.9. The molecule has 0 aliphatic heterocycles. The fourth-order valence-corrected chi connectivity index (χ4v) is 2.19. The lowest BCUT2D eigenvalue weighted by molar-refractivity contribution is -0.155. The van der Waals surface area contributed by atoms with Crippen LogP contribution in [-0.4, -0.2) is 31.7 Å². The molecule has 6 nitrogen and oxygen atoms in total. The van der Waals surface area contributed by atoms with Gasteiger partial charge in [0.1, 0.15) is 11.5 Å². The third kappa shape index (κ3) is 6.12. The Morgan fingerprint density at radius 3 is 2.31 bits per heavy atom. The van der Waals surface area contributed by atoms with Crippen molar-refractivity contribution in [2.24, 2.45) is 0 Å². The molecule has 0 fully saturated rings. The van der Waals surface area contributed by atoms with E-state index in [-0.39, 0.29) is 12.5 Å². The Bertz CT molecular complexity index is 700. The first-order chi connectivity index (χ1) is 12.6. The minimum atomic E-state index is -0.744. The second-order valence-corrected chi connectivity index (χ2v) is 5.56. The molecule has 1 atom stereocenters. The van der Waals surface area contributed by atoms with Gasteiger partial charge in [-0.3, -0.25) is 4.79 Å². The van der Waals surface area contributed by atoms with Gasteiger partial charge in [0.05, 0.1) is 7.11 Å². The summed E-state index contributed by atoms with van der Waals surface area (Å²) < 4.78 is 15.7. The van der Waals surface area contributed by atoms with Gasteiger partial charge in [0.25, 0.3) is 5.91 Å². The van der Waals surface area contributed by atoms with Crippen LogP contribution >= 0.6 is 0 Å². The first kappa shape index (κ1) is 19.3. The zero-order valence-electron chi connectivity index (χ0n) is 14.9. The summed E-state index contributed by atoms with van der Waals surface area (Å²) in [5.74, 6) is 0.401. The Morgan fingerprint density at radius 2 is 1.69 bits per heavy atom. The number of ether oxygens (including phenoxy) is 3. The van der Waals surface area contributed by atoms with Gasteiger partial charge in [-0.1, -0.05) is 37.3 Å².